The largest absolute Gasteiger partial charge is 0.316 e. The molecule has 0 fully saturated rings. The van der Waals surface area contributed by atoms with E-state index < -0.39 is 0 Å². The highest BCUT2D eigenvalue weighted by Gasteiger charge is 2.16. The van der Waals surface area contributed by atoms with Crippen molar-refractivity contribution in [1.29, 1.82) is 0 Å². The van der Waals surface area contributed by atoms with Crippen molar-refractivity contribution in [1.82, 2.24) is 10.2 Å². The summed E-state index contributed by atoms with van der Waals surface area (Å²) in [6.07, 6.45) is 2.53. The Bertz CT molecular complexity index is 134. The fourth-order valence-corrected chi connectivity index (χ4v) is 1.70. The van der Waals surface area contributed by atoms with E-state index in [-0.39, 0.29) is 0 Å². The minimum Gasteiger partial charge on any atom is -0.316 e. The van der Waals surface area contributed by atoms with E-state index in [1.165, 1.54) is 12.8 Å². The monoisotopic (exact) mass is 200 g/mol. The fraction of sp³-hybridized carbons (Fsp3) is 1.00. The second kappa shape index (κ2) is 7.24. The Balaban J connectivity index is 3.94. The molecule has 2 nitrogen and oxygen atoms in total. The van der Waals surface area contributed by atoms with Gasteiger partial charge in [-0.15, -0.1) is 0 Å². The van der Waals surface area contributed by atoms with Gasteiger partial charge < -0.3 is 10.2 Å². The quantitative estimate of drug-likeness (QED) is 0.678. The van der Waals surface area contributed by atoms with Crippen LogP contribution in [0.3, 0.4) is 0 Å². The molecule has 2 atom stereocenters. The van der Waals surface area contributed by atoms with E-state index in [2.05, 4.69) is 52.0 Å². The van der Waals surface area contributed by atoms with Gasteiger partial charge in [0, 0.05) is 18.6 Å². The highest BCUT2D eigenvalue weighted by atomic mass is 15.1. The van der Waals surface area contributed by atoms with Crippen molar-refractivity contribution in [2.45, 2.75) is 52.6 Å². The predicted octanol–water partition coefficient (Wildman–Crippen LogP) is 2.35. The summed E-state index contributed by atoms with van der Waals surface area (Å²) >= 11 is 0. The van der Waals surface area contributed by atoms with Gasteiger partial charge in [-0.2, -0.15) is 0 Å². The second-order valence-corrected chi connectivity index (χ2v) is 4.70. The molecule has 0 bridgehead atoms. The molecule has 0 radical (unpaired) electrons. The lowest BCUT2D eigenvalue weighted by atomic mass is 10.0. The first-order valence-corrected chi connectivity index (χ1v) is 5.90. The molecule has 2 heteroatoms. The standard InChI is InChI=1S/C12H28N2/c1-7-8-12(13-5)9-14(6)11(4)10(2)3/h10-13H,7-9H2,1-6H3. The summed E-state index contributed by atoms with van der Waals surface area (Å²) in [6, 6.07) is 1.31. The summed E-state index contributed by atoms with van der Waals surface area (Å²) in [6.45, 7) is 10.3. The summed E-state index contributed by atoms with van der Waals surface area (Å²) in [7, 11) is 4.29. The maximum atomic E-state index is 3.39. The molecule has 0 aliphatic heterocycles. The van der Waals surface area contributed by atoms with E-state index in [1.54, 1.807) is 0 Å². The molecule has 0 heterocycles. The van der Waals surface area contributed by atoms with Crippen LogP contribution in [-0.2, 0) is 0 Å². The highest BCUT2D eigenvalue weighted by molar-refractivity contribution is 4.73. The molecule has 1 N–H and O–H groups in total. The summed E-state index contributed by atoms with van der Waals surface area (Å²) in [5.74, 6) is 0.735. The molecular weight excluding hydrogens is 172 g/mol. The number of rotatable bonds is 7. The minimum absolute atomic E-state index is 0.645. The number of hydrogen-bond acceptors (Lipinski definition) is 2. The minimum atomic E-state index is 0.645. The van der Waals surface area contributed by atoms with E-state index >= 15 is 0 Å². The van der Waals surface area contributed by atoms with Crippen LogP contribution in [0.15, 0.2) is 0 Å². The van der Waals surface area contributed by atoms with Crippen LogP contribution in [0.25, 0.3) is 0 Å². The van der Waals surface area contributed by atoms with Gasteiger partial charge >= 0.3 is 0 Å². The molecule has 0 rings (SSSR count). The average Bonchev–Trinajstić information content (AvgIpc) is 2.15. The van der Waals surface area contributed by atoms with Crippen LogP contribution in [0.5, 0.6) is 0 Å². The molecule has 0 aromatic carbocycles. The SMILES string of the molecule is CCCC(CN(C)C(C)C(C)C)NC. The van der Waals surface area contributed by atoms with Crippen LogP contribution in [0.2, 0.25) is 0 Å². The first-order chi connectivity index (χ1) is 6.52. The molecule has 0 aromatic heterocycles. The zero-order valence-corrected chi connectivity index (χ0v) is 10.8. The zero-order chi connectivity index (χ0) is 11.1. The highest BCUT2D eigenvalue weighted by Crippen LogP contribution is 2.09. The third-order valence-corrected chi connectivity index (χ3v) is 3.21. The summed E-state index contributed by atoms with van der Waals surface area (Å²) in [5.41, 5.74) is 0. The normalized spacial score (nSPS) is 16.3. The van der Waals surface area contributed by atoms with Crippen molar-refractivity contribution in [3.63, 3.8) is 0 Å². The summed E-state index contributed by atoms with van der Waals surface area (Å²) in [5, 5.41) is 3.39. The number of hydrogen-bond donors (Lipinski definition) is 1. The molecular formula is C12H28N2. The molecule has 0 aromatic rings. The molecule has 0 aliphatic rings. The molecule has 0 amide bonds. The predicted molar refractivity (Wildman–Crippen MR) is 64.7 cm³/mol. The molecule has 86 valence electrons. The van der Waals surface area contributed by atoms with Gasteiger partial charge in [0.05, 0.1) is 0 Å². The van der Waals surface area contributed by atoms with Gasteiger partial charge in [0.2, 0.25) is 0 Å². The van der Waals surface area contributed by atoms with Crippen molar-refractivity contribution in [2.75, 3.05) is 20.6 Å². The molecule has 0 saturated heterocycles. The van der Waals surface area contributed by atoms with Crippen LogP contribution in [0.1, 0.15) is 40.5 Å². The molecule has 0 saturated carbocycles. The Morgan fingerprint density at radius 3 is 2.14 bits per heavy atom. The maximum Gasteiger partial charge on any atom is 0.0191 e. The average molecular weight is 200 g/mol. The van der Waals surface area contributed by atoms with Crippen molar-refractivity contribution in [3.05, 3.63) is 0 Å². The lowest BCUT2D eigenvalue weighted by molar-refractivity contribution is 0.187. The third-order valence-electron chi connectivity index (χ3n) is 3.21. The molecule has 14 heavy (non-hydrogen) atoms. The first-order valence-electron chi connectivity index (χ1n) is 5.90. The lowest BCUT2D eigenvalue weighted by Gasteiger charge is -2.31. The Labute approximate surface area is 90.1 Å². The Kier molecular flexibility index (Phi) is 7.20. The van der Waals surface area contributed by atoms with Gasteiger partial charge in [-0.1, -0.05) is 27.2 Å². The molecule has 0 spiro atoms. The topological polar surface area (TPSA) is 15.3 Å². The molecule has 0 aliphatic carbocycles. The van der Waals surface area contributed by atoms with Crippen molar-refractivity contribution >= 4 is 0 Å². The first kappa shape index (κ1) is 13.9. The van der Waals surface area contributed by atoms with Crippen LogP contribution in [0.4, 0.5) is 0 Å². The number of nitrogens with one attached hydrogen (secondary N) is 1. The van der Waals surface area contributed by atoms with Crippen molar-refractivity contribution < 1.29 is 0 Å². The van der Waals surface area contributed by atoms with Crippen LogP contribution in [0, 0.1) is 5.92 Å². The number of likely N-dealkylation sites (N-methyl/N-ethyl adjacent to an activating group) is 2. The van der Waals surface area contributed by atoms with E-state index in [4.69, 9.17) is 0 Å². The van der Waals surface area contributed by atoms with Crippen LogP contribution >= 0.6 is 0 Å². The van der Waals surface area contributed by atoms with Gasteiger partial charge in [-0.3, -0.25) is 0 Å². The zero-order valence-electron chi connectivity index (χ0n) is 10.8. The Morgan fingerprint density at radius 1 is 1.21 bits per heavy atom. The van der Waals surface area contributed by atoms with Crippen LogP contribution < -0.4 is 5.32 Å². The van der Waals surface area contributed by atoms with Gasteiger partial charge in [0.25, 0.3) is 0 Å². The van der Waals surface area contributed by atoms with Gasteiger partial charge in [0.15, 0.2) is 0 Å². The third kappa shape index (κ3) is 4.97. The number of nitrogens with zero attached hydrogens (tertiary/aromatic N) is 1. The van der Waals surface area contributed by atoms with E-state index in [9.17, 15) is 0 Å². The smallest absolute Gasteiger partial charge is 0.0191 e. The van der Waals surface area contributed by atoms with Gasteiger partial charge in [-0.25, -0.2) is 0 Å². The van der Waals surface area contributed by atoms with Crippen LogP contribution in [-0.4, -0.2) is 37.6 Å². The Morgan fingerprint density at radius 2 is 1.79 bits per heavy atom. The summed E-state index contributed by atoms with van der Waals surface area (Å²) < 4.78 is 0. The van der Waals surface area contributed by atoms with E-state index in [0.717, 1.165) is 12.5 Å². The molecule has 2 unspecified atom stereocenters. The fourth-order valence-electron chi connectivity index (χ4n) is 1.70. The van der Waals surface area contributed by atoms with Crippen molar-refractivity contribution in [2.24, 2.45) is 5.92 Å². The Hall–Kier alpha value is -0.0800. The van der Waals surface area contributed by atoms with Crippen molar-refractivity contribution in [3.8, 4) is 0 Å². The van der Waals surface area contributed by atoms with Gasteiger partial charge in [0.1, 0.15) is 0 Å². The van der Waals surface area contributed by atoms with E-state index in [0.29, 0.717) is 12.1 Å². The second-order valence-electron chi connectivity index (χ2n) is 4.70. The maximum absolute atomic E-state index is 3.39. The van der Waals surface area contributed by atoms with Gasteiger partial charge in [-0.05, 0) is 33.4 Å². The lowest BCUT2D eigenvalue weighted by Crippen LogP contribution is -2.43. The van der Waals surface area contributed by atoms with E-state index in [1.807, 2.05) is 0 Å². The summed E-state index contributed by atoms with van der Waals surface area (Å²) in [4.78, 5) is 2.46.